The summed E-state index contributed by atoms with van der Waals surface area (Å²) in [5.41, 5.74) is 0.203. The smallest absolute Gasteiger partial charge is 0.307 e. The molecule has 1 aliphatic rings. The van der Waals surface area contributed by atoms with Crippen molar-refractivity contribution >= 4 is 17.6 Å². The second-order valence-corrected chi connectivity index (χ2v) is 6.33. The highest BCUT2D eigenvalue weighted by atomic mass is 16.5. The van der Waals surface area contributed by atoms with Gasteiger partial charge in [0.2, 0.25) is 5.91 Å². The van der Waals surface area contributed by atoms with Crippen molar-refractivity contribution in [2.45, 2.75) is 39.2 Å². The van der Waals surface area contributed by atoms with Crippen LogP contribution in [0.3, 0.4) is 0 Å². The van der Waals surface area contributed by atoms with Gasteiger partial charge in [-0.05, 0) is 45.7 Å². The first-order valence-electron chi connectivity index (χ1n) is 7.09. The standard InChI is InChI=1S/C16H21NO4/c1-16(2,3)21-13-7-5-4-6-12(13)17-14(18)10-8-9-11(10)15(19)20/h4-7,10-11H,8-9H2,1-3H3,(H,17,18)(H,19,20). The minimum Gasteiger partial charge on any atom is -0.486 e. The van der Waals surface area contributed by atoms with E-state index in [4.69, 9.17) is 9.84 Å². The Hall–Kier alpha value is -2.04. The molecule has 1 saturated carbocycles. The van der Waals surface area contributed by atoms with Crippen LogP contribution >= 0.6 is 0 Å². The summed E-state index contributed by atoms with van der Waals surface area (Å²) in [6, 6.07) is 7.18. The number of hydrogen-bond donors (Lipinski definition) is 2. The molecule has 1 aromatic carbocycles. The Bertz CT molecular complexity index is 547. The fourth-order valence-corrected chi connectivity index (χ4v) is 2.32. The van der Waals surface area contributed by atoms with Crippen molar-refractivity contribution in [3.63, 3.8) is 0 Å². The highest BCUT2D eigenvalue weighted by Crippen LogP contribution is 2.36. The predicted molar refractivity (Wildman–Crippen MR) is 79.3 cm³/mol. The van der Waals surface area contributed by atoms with Crippen LogP contribution in [0.1, 0.15) is 33.6 Å². The summed E-state index contributed by atoms with van der Waals surface area (Å²) in [4.78, 5) is 23.2. The number of carboxylic acid groups (broad SMARTS) is 1. The molecule has 0 heterocycles. The third-order valence-electron chi connectivity index (χ3n) is 3.49. The van der Waals surface area contributed by atoms with Crippen molar-refractivity contribution in [3.05, 3.63) is 24.3 Å². The topological polar surface area (TPSA) is 75.6 Å². The molecule has 1 amide bonds. The number of anilines is 1. The third-order valence-corrected chi connectivity index (χ3v) is 3.49. The second-order valence-electron chi connectivity index (χ2n) is 6.33. The molecule has 1 aliphatic carbocycles. The van der Waals surface area contributed by atoms with Gasteiger partial charge in [-0.25, -0.2) is 0 Å². The van der Waals surface area contributed by atoms with Crippen LogP contribution in [0.4, 0.5) is 5.69 Å². The number of hydrogen-bond acceptors (Lipinski definition) is 3. The molecule has 2 rings (SSSR count). The fraction of sp³-hybridized carbons (Fsp3) is 0.500. The molecular weight excluding hydrogens is 270 g/mol. The van der Waals surface area contributed by atoms with E-state index in [0.29, 0.717) is 24.3 Å². The van der Waals surface area contributed by atoms with Crippen LogP contribution in [0, 0.1) is 11.8 Å². The summed E-state index contributed by atoms with van der Waals surface area (Å²) in [7, 11) is 0. The first-order valence-corrected chi connectivity index (χ1v) is 7.09. The van der Waals surface area contributed by atoms with Crippen LogP contribution in [0.25, 0.3) is 0 Å². The molecule has 0 bridgehead atoms. The average Bonchev–Trinajstić information content (AvgIpc) is 2.27. The Morgan fingerprint density at radius 1 is 1.19 bits per heavy atom. The van der Waals surface area contributed by atoms with Gasteiger partial charge in [-0.1, -0.05) is 12.1 Å². The van der Waals surface area contributed by atoms with E-state index >= 15 is 0 Å². The van der Waals surface area contributed by atoms with Gasteiger partial charge < -0.3 is 15.2 Å². The van der Waals surface area contributed by atoms with Crippen molar-refractivity contribution in [1.82, 2.24) is 0 Å². The normalized spacial score (nSPS) is 21.3. The van der Waals surface area contributed by atoms with Gasteiger partial charge in [-0.2, -0.15) is 0 Å². The predicted octanol–water partition coefficient (Wildman–Crippen LogP) is 2.91. The zero-order valence-corrected chi connectivity index (χ0v) is 12.6. The number of nitrogens with one attached hydrogen (secondary N) is 1. The number of rotatable bonds is 4. The number of benzene rings is 1. The largest absolute Gasteiger partial charge is 0.486 e. The van der Waals surface area contributed by atoms with Crippen LogP contribution in [0.15, 0.2) is 24.3 Å². The van der Waals surface area contributed by atoms with E-state index in [9.17, 15) is 9.59 Å². The molecule has 0 radical (unpaired) electrons. The van der Waals surface area contributed by atoms with Crippen LogP contribution in [-0.2, 0) is 9.59 Å². The number of para-hydroxylation sites is 2. The molecule has 21 heavy (non-hydrogen) atoms. The molecule has 2 N–H and O–H groups in total. The lowest BCUT2D eigenvalue weighted by atomic mass is 9.73. The summed E-state index contributed by atoms with van der Waals surface area (Å²) >= 11 is 0. The molecule has 5 nitrogen and oxygen atoms in total. The number of aliphatic carboxylic acids is 1. The molecule has 114 valence electrons. The molecule has 5 heteroatoms. The zero-order chi connectivity index (χ0) is 15.6. The number of carboxylic acids is 1. The maximum absolute atomic E-state index is 12.2. The van der Waals surface area contributed by atoms with Crippen LogP contribution in [-0.4, -0.2) is 22.6 Å². The molecular formula is C16H21NO4. The number of carbonyl (C=O) groups excluding carboxylic acids is 1. The lowest BCUT2D eigenvalue weighted by Crippen LogP contribution is -2.41. The van der Waals surface area contributed by atoms with Gasteiger partial charge in [0.05, 0.1) is 17.5 Å². The fourth-order valence-electron chi connectivity index (χ4n) is 2.32. The molecule has 2 unspecified atom stereocenters. The van der Waals surface area contributed by atoms with Gasteiger partial charge >= 0.3 is 5.97 Å². The van der Waals surface area contributed by atoms with Gasteiger partial charge in [0.15, 0.2) is 0 Å². The van der Waals surface area contributed by atoms with Gasteiger partial charge in [-0.15, -0.1) is 0 Å². The number of ether oxygens (including phenoxy) is 1. The maximum Gasteiger partial charge on any atom is 0.307 e. The monoisotopic (exact) mass is 291 g/mol. The summed E-state index contributed by atoms with van der Waals surface area (Å²) in [5.74, 6) is -1.59. The van der Waals surface area contributed by atoms with Crippen molar-refractivity contribution in [1.29, 1.82) is 0 Å². The number of amides is 1. The highest BCUT2D eigenvalue weighted by Gasteiger charge is 2.41. The van der Waals surface area contributed by atoms with E-state index < -0.39 is 17.8 Å². The van der Waals surface area contributed by atoms with Crippen LogP contribution in [0.2, 0.25) is 0 Å². The third kappa shape index (κ3) is 3.74. The van der Waals surface area contributed by atoms with Gasteiger partial charge in [0, 0.05) is 0 Å². The van der Waals surface area contributed by atoms with E-state index in [0.717, 1.165) is 0 Å². The van der Waals surface area contributed by atoms with Crippen molar-refractivity contribution < 1.29 is 19.4 Å². The van der Waals surface area contributed by atoms with Crippen molar-refractivity contribution in [3.8, 4) is 5.75 Å². The minimum atomic E-state index is -0.902. The lowest BCUT2D eigenvalue weighted by Gasteiger charge is -2.32. The van der Waals surface area contributed by atoms with Gasteiger partial charge in [0.1, 0.15) is 11.4 Å². The van der Waals surface area contributed by atoms with Gasteiger partial charge in [0.25, 0.3) is 0 Å². The molecule has 1 aromatic rings. The molecule has 0 aromatic heterocycles. The molecule has 0 saturated heterocycles. The van der Waals surface area contributed by atoms with Crippen LogP contribution in [0.5, 0.6) is 5.75 Å². The van der Waals surface area contributed by atoms with E-state index in [1.807, 2.05) is 26.8 Å². The van der Waals surface area contributed by atoms with Crippen molar-refractivity contribution in [2.75, 3.05) is 5.32 Å². The Morgan fingerprint density at radius 2 is 1.81 bits per heavy atom. The molecule has 0 spiro atoms. The summed E-state index contributed by atoms with van der Waals surface area (Å²) in [6.45, 7) is 5.79. The van der Waals surface area contributed by atoms with Crippen LogP contribution < -0.4 is 10.1 Å². The van der Waals surface area contributed by atoms with E-state index in [-0.39, 0.29) is 11.5 Å². The van der Waals surface area contributed by atoms with Gasteiger partial charge in [-0.3, -0.25) is 9.59 Å². The Labute approximate surface area is 124 Å². The Balaban J connectivity index is 2.09. The van der Waals surface area contributed by atoms with E-state index in [1.165, 1.54) is 0 Å². The first-order chi connectivity index (χ1) is 9.78. The van der Waals surface area contributed by atoms with Crippen molar-refractivity contribution in [2.24, 2.45) is 11.8 Å². The quantitative estimate of drug-likeness (QED) is 0.894. The second kappa shape index (κ2) is 5.76. The average molecular weight is 291 g/mol. The van der Waals surface area contributed by atoms with E-state index in [1.54, 1.807) is 18.2 Å². The minimum absolute atomic E-state index is 0.251. The highest BCUT2D eigenvalue weighted by molar-refractivity contribution is 5.97. The maximum atomic E-state index is 12.2. The SMILES string of the molecule is CC(C)(C)Oc1ccccc1NC(=O)C1CCC1C(=O)O. The Kier molecular flexibility index (Phi) is 4.21. The summed E-state index contributed by atoms with van der Waals surface area (Å²) in [5, 5.41) is 11.8. The lowest BCUT2D eigenvalue weighted by molar-refractivity contribution is -0.151. The molecule has 2 atom stereocenters. The molecule has 1 fully saturated rings. The van der Waals surface area contributed by atoms with E-state index in [2.05, 4.69) is 5.32 Å². The molecule has 0 aliphatic heterocycles. The number of carbonyl (C=O) groups is 2. The first kappa shape index (κ1) is 15.4. The Morgan fingerprint density at radius 3 is 2.33 bits per heavy atom. The summed E-state index contributed by atoms with van der Waals surface area (Å²) in [6.07, 6.45) is 1.18. The zero-order valence-electron chi connectivity index (χ0n) is 12.6. The summed E-state index contributed by atoms with van der Waals surface area (Å²) < 4.78 is 5.81.